The van der Waals surface area contributed by atoms with Crippen molar-refractivity contribution >= 4 is 17.2 Å². The molecule has 2 aliphatic heterocycles. The minimum Gasteiger partial charge on any atom is -0.464 e. The van der Waals surface area contributed by atoms with E-state index in [1.54, 1.807) is 6.07 Å². The summed E-state index contributed by atoms with van der Waals surface area (Å²) in [7, 11) is 0. The van der Waals surface area contributed by atoms with E-state index in [4.69, 9.17) is 14.2 Å². The lowest BCUT2D eigenvalue weighted by molar-refractivity contribution is -0.0230. The quantitative estimate of drug-likeness (QED) is 0.561. The summed E-state index contributed by atoms with van der Waals surface area (Å²) in [5.41, 5.74) is 1.49. The molecule has 0 radical (unpaired) electrons. The molecule has 1 aromatic heterocycles. The molecular formula is C25H31F2N3O4S. The van der Waals surface area contributed by atoms with E-state index in [2.05, 4.69) is 15.2 Å². The normalized spacial score (nSPS) is 22.0. The standard InChI is InChI=1S/C25H31F2N3O4S/c1-25(26,27)14-32-24-29-19-13-30(12-10-21(19)35-24)11-9-16-5-7-17(8-6-16)28-23(31)18-3-2-4-20-22(18)34-15-33-20/h2-4,16-17H,5-15H2,1H3,(H,28,31)/t16-,17-. The number of carbonyl (C=O) groups excluding carboxylic acids is 1. The lowest BCUT2D eigenvalue weighted by Gasteiger charge is -2.32. The van der Waals surface area contributed by atoms with Gasteiger partial charge in [0.05, 0.1) is 11.3 Å². The van der Waals surface area contributed by atoms with Crippen molar-refractivity contribution in [3.63, 3.8) is 0 Å². The molecule has 0 spiro atoms. The number of hydrogen-bond acceptors (Lipinski definition) is 7. The maximum absolute atomic E-state index is 13.1. The first-order chi connectivity index (χ1) is 16.8. The van der Waals surface area contributed by atoms with Crippen molar-refractivity contribution in [1.29, 1.82) is 0 Å². The number of fused-ring (bicyclic) bond motifs is 2. The molecule has 10 heteroatoms. The number of rotatable bonds is 8. The fourth-order valence-corrected chi connectivity index (χ4v) is 5.91. The highest BCUT2D eigenvalue weighted by atomic mass is 32.1. The predicted molar refractivity (Wildman–Crippen MR) is 128 cm³/mol. The lowest BCUT2D eigenvalue weighted by Crippen LogP contribution is -2.38. The highest BCUT2D eigenvalue weighted by Crippen LogP contribution is 2.36. The van der Waals surface area contributed by atoms with E-state index in [1.165, 1.54) is 11.3 Å². The van der Waals surface area contributed by atoms with Crippen molar-refractivity contribution in [3.05, 3.63) is 34.3 Å². The largest absolute Gasteiger partial charge is 0.464 e. The number of nitrogens with zero attached hydrogens (tertiary/aromatic N) is 2. The minimum absolute atomic E-state index is 0.103. The van der Waals surface area contributed by atoms with Gasteiger partial charge in [-0.2, -0.15) is 0 Å². The number of carbonyl (C=O) groups is 1. The zero-order chi connectivity index (χ0) is 24.4. The monoisotopic (exact) mass is 507 g/mol. The zero-order valence-electron chi connectivity index (χ0n) is 19.9. The fraction of sp³-hybridized carbons (Fsp3) is 0.600. The van der Waals surface area contributed by atoms with Gasteiger partial charge >= 0.3 is 0 Å². The highest BCUT2D eigenvalue weighted by molar-refractivity contribution is 7.13. The molecule has 0 atom stereocenters. The fourth-order valence-electron chi connectivity index (χ4n) is 5.00. The molecule has 5 rings (SSSR count). The molecule has 0 bridgehead atoms. The number of halogens is 2. The number of amides is 1. The van der Waals surface area contributed by atoms with E-state index in [0.717, 1.165) is 75.7 Å². The molecule has 1 fully saturated rings. The summed E-state index contributed by atoms with van der Waals surface area (Å²) in [6, 6.07) is 5.57. The Balaban J connectivity index is 1.04. The van der Waals surface area contributed by atoms with Gasteiger partial charge in [-0.3, -0.25) is 9.69 Å². The third-order valence-corrected chi connectivity index (χ3v) is 7.98. The maximum Gasteiger partial charge on any atom is 0.278 e. The Morgan fingerprint density at radius 2 is 2.11 bits per heavy atom. The number of hydrogen-bond donors (Lipinski definition) is 1. The van der Waals surface area contributed by atoms with Gasteiger partial charge in [-0.15, -0.1) is 0 Å². The summed E-state index contributed by atoms with van der Waals surface area (Å²) in [5, 5.41) is 3.52. The molecule has 190 valence electrons. The Bertz CT molecular complexity index is 1050. The number of ether oxygens (including phenoxy) is 3. The van der Waals surface area contributed by atoms with Crippen molar-refractivity contribution in [2.24, 2.45) is 5.92 Å². The molecule has 1 aromatic carbocycles. The number of thiazole rings is 1. The summed E-state index contributed by atoms with van der Waals surface area (Å²) >= 11 is 1.39. The summed E-state index contributed by atoms with van der Waals surface area (Å²) in [4.78, 5) is 20.8. The van der Waals surface area contributed by atoms with E-state index in [9.17, 15) is 13.6 Å². The second kappa shape index (κ2) is 10.3. The first kappa shape index (κ1) is 24.2. The summed E-state index contributed by atoms with van der Waals surface area (Å²) < 4.78 is 42.1. The molecule has 0 unspecified atom stereocenters. The molecule has 0 saturated heterocycles. The first-order valence-electron chi connectivity index (χ1n) is 12.2. The smallest absolute Gasteiger partial charge is 0.278 e. The molecule has 3 heterocycles. The van der Waals surface area contributed by atoms with Crippen LogP contribution in [0.4, 0.5) is 8.78 Å². The van der Waals surface area contributed by atoms with Crippen LogP contribution in [0.3, 0.4) is 0 Å². The van der Waals surface area contributed by atoms with Gasteiger partial charge in [-0.25, -0.2) is 13.8 Å². The van der Waals surface area contributed by atoms with E-state index < -0.39 is 12.5 Å². The molecule has 1 aliphatic carbocycles. The predicted octanol–water partition coefficient (Wildman–Crippen LogP) is 4.64. The van der Waals surface area contributed by atoms with Gasteiger partial charge < -0.3 is 19.5 Å². The van der Waals surface area contributed by atoms with Gasteiger partial charge in [0.25, 0.3) is 17.0 Å². The van der Waals surface area contributed by atoms with Gasteiger partial charge in [0.2, 0.25) is 6.79 Å². The highest BCUT2D eigenvalue weighted by Gasteiger charge is 2.28. The van der Waals surface area contributed by atoms with Gasteiger partial charge in [-0.05, 0) is 63.1 Å². The zero-order valence-corrected chi connectivity index (χ0v) is 20.7. The third kappa shape index (κ3) is 6.03. The number of nitrogens with one attached hydrogen (secondary N) is 1. The van der Waals surface area contributed by atoms with Crippen molar-refractivity contribution in [3.8, 4) is 16.7 Å². The van der Waals surface area contributed by atoms with E-state index in [0.29, 0.717) is 28.2 Å². The van der Waals surface area contributed by atoms with Crippen molar-refractivity contribution in [2.75, 3.05) is 26.5 Å². The van der Waals surface area contributed by atoms with E-state index >= 15 is 0 Å². The second-order valence-electron chi connectivity index (χ2n) is 9.75. The molecule has 7 nitrogen and oxygen atoms in total. The van der Waals surface area contributed by atoms with Gasteiger partial charge in [0.15, 0.2) is 18.1 Å². The lowest BCUT2D eigenvalue weighted by atomic mass is 9.84. The van der Waals surface area contributed by atoms with Gasteiger partial charge in [0.1, 0.15) is 0 Å². The van der Waals surface area contributed by atoms with E-state index in [-0.39, 0.29) is 18.7 Å². The number of para-hydroxylation sites is 1. The van der Waals surface area contributed by atoms with Crippen molar-refractivity contribution in [2.45, 2.75) is 64.0 Å². The Morgan fingerprint density at radius 1 is 1.29 bits per heavy atom. The van der Waals surface area contributed by atoms with Crippen LogP contribution in [0.1, 0.15) is 60.0 Å². The van der Waals surface area contributed by atoms with Crippen LogP contribution in [-0.4, -0.2) is 54.2 Å². The molecule has 3 aliphatic rings. The van der Waals surface area contributed by atoms with Crippen LogP contribution in [0.5, 0.6) is 16.7 Å². The Hall–Kier alpha value is -2.46. The molecule has 35 heavy (non-hydrogen) atoms. The van der Waals surface area contributed by atoms with Crippen LogP contribution >= 0.6 is 11.3 Å². The summed E-state index contributed by atoms with van der Waals surface area (Å²) in [6.07, 6.45) is 6.13. The van der Waals surface area contributed by atoms with Gasteiger partial charge in [-0.1, -0.05) is 17.4 Å². The Morgan fingerprint density at radius 3 is 2.91 bits per heavy atom. The van der Waals surface area contributed by atoms with Crippen LogP contribution in [-0.2, 0) is 13.0 Å². The van der Waals surface area contributed by atoms with Crippen LogP contribution in [0.15, 0.2) is 18.2 Å². The molecule has 1 amide bonds. The summed E-state index contributed by atoms with van der Waals surface area (Å²) in [5.74, 6) is -1.16. The van der Waals surface area contributed by atoms with Crippen LogP contribution < -0.4 is 19.5 Å². The summed E-state index contributed by atoms with van der Waals surface area (Å²) in [6.45, 7) is 3.06. The molecule has 2 aromatic rings. The Kier molecular flexibility index (Phi) is 7.11. The number of aromatic nitrogens is 1. The molecule has 1 saturated carbocycles. The Labute approximate surface area is 207 Å². The minimum atomic E-state index is -2.86. The SMILES string of the molecule is CC(F)(F)COc1nc2c(s1)CCN(CC[C@H]1CC[C@H](NC(=O)c3cccc4c3OCO4)CC1)C2. The van der Waals surface area contributed by atoms with Crippen LogP contribution in [0.25, 0.3) is 0 Å². The third-order valence-electron chi connectivity index (χ3n) is 6.91. The first-order valence-corrected chi connectivity index (χ1v) is 13.1. The second-order valence-corrected chi connectivity index (χ2v) is 10.8. The molecular weight excluding hydrogens is 476 g/mol. The molecule has 1 N–H and O–H groups in total. The van der Waals surface area contributed by atoms with Crippen LogP contribution in [0.2, 0.25) is 0 Å². The maximum atomic E-state index is 13.1. The number of alkyl halides is 2. The van der Waals surface area contributed by atoms with Gasteiger partial charge in [0, 0.05) is 30.9 Å². The van der Waals surface area contributed by atoms with Crippen molar-refractivity contribution in [1.82, 2.24) is 15.2 Å². The van der Waals surface area contributed by atoms with Crippen LogP contribution in [0, 0.1) is 5.92 Å². The van der Waals surface area contributed by atoms with E-state index in [1.807, 2.05) is 12.1 Å². The van der Waals surface area contributed by atoms with Crippen molar-refractivity contribution < 1.29 is 27.8 Å². The topological polar surface area (TPSA) is 72.9 Å². The average molecular weight is 508 g/mol. The number of benzene rings is 1. The average Bonchev–Trinajstić information content (AvgIpc) is 3.48.